The number of aromatic amines is 2. The molecule has 2 heterocycles. The summed E-state index contributed by atoms with van der Waals surface area (Å²) in [5, 5.41) is 22.3. The molecule has 0 saturated carbocycles. The molecule has 0 aliphatic carbocycles. The van der Waals surface area contributed by atoms with Crippen LogP contribution in [0, 0.1) is 0 Å². The van der Waals surface area contributed by atoms with Crippen molar-refractivity contribution in [2.75, 3.05) is 0 Å². The molecule has 0 spiro atoms. The fourth-order valence-corrected chi connectivity index (χ4v) is 1.41. The van der Waals surface area contributed by atoms with Gasteiger partial charge in [0.2, 0.25) is 0 Å². The zero-order valence-electron chi connectivity index (χ0n) is 5.91. The van der Waals surface area contributed by atoms with Crippen molar-refractivity contribution in [3.05, 3.63) is 0 Å². The molecule has 0 radical (unpaired) electrons. The Hall–Kier alpha value is -1.91. The molecule has 0 fully saturated rings. The molecule has 0 aliphatic rings. The SMILES string of the molecule is O=S(=O)(c1nnn[nH]1)c1nnn[nH]1. The topological polar surface area (TPSA) is 143 Å². The van der Waals surface area contributed by atoms with Crippen LogP contribution in [0.2, 0.25) is 0 Å². The fraction of sp³-hybridized carbons (Fsp3) is 0. The maximum absolute atomic E-state index is 11.4. The molecule has 0 unspecified atom stereocenters. The van der Waals surface area contributed by atoms with Gasteiger partial charge in [0.15, 0.2) is 0 Å². The van der Waals surface area contributed by atoms with E-state index >= 15 is 0 Å². The maximum atomic E-state index is 11.4. The van der Waals surface area contributed by atoms with Gasteiger partial charge in [-0.15, -0.1) is 0 Å². The fourth-order valence-electron chi connectivity index (χ4n) is 0.620. The number of aromatic nitrogens is 8. The Kier molecular flexibility index (Phi) is 1.51. The number of H-pyrrole nitrogens is 2. The average Bonchev–Trinajstić information content (AvgIpc) is 2.78. The lowest BCUT2D eigenvalue weighted by Crippen LogP contribution is -2.06. The van der Waals surface area contributed by atoms with Crippen molar-refractivity contribution < 1.29 is 8.42 Å². The molecule has 2 aromatic rings. The monoisotopic (exact) mass is 202 g/mol. The predicted molar refractivity (Wildman–Crippen MR) is 33.8 cm³/mol. The molecule has 2 N–H and O–H groups in total. The summed E-state index contributed by atoms with van der Waals surface area (Å²) in [6.45, 7) is 0. The minimum atomic E-state index is -3.84. The van der Waals surface area contributed by atoms with E-state index < -0.39 is 20.2 Å². The van der Waals surface area contributed by atoms with Crippen molar-refractivity contribution in [2.45, 2.75) is 10.3 Å². The van der Waals surface area contributed by atoms with E-state index in [4.69, 9.17) is 0 Å². The molecular formula is C2H2N8O2S. The number of hydrogen-bond donors (Lipinski definition) is 2. The van der Waals surface area contributed by atoms with Gasteiger partial charge in [-0.3, -0.25) is 0 Å². The zero-order valence-corrected chi connectivity index (χ0v) is 6.72. The van der Waals surface area contributed by atoms with Crippen LogP contribution in [0.5, 0.6) is 0 Å². The van der Waals surface area contributed by atoms with Gasteiger partial charge in [-0.1, -0.05) is 10.2 Å². The second kappa shape index (κ2) is 2.55. The summed E-state index contributed by atoms with van der Waals surface area (Å²) in [5.41, 5.74) is 0. The van der Waals surface area contributed by atoms with Gasteiger partial charge in [0, 0.05) is 0 Å². The Morgan fingerprint density at radius 3 is 1.69 bits per heavy atom. The highest BCUT2D eigenvalue weighted by Gasteiger charge is 2.25. The van der Waals surface area contributed by atoms with Crippen molar-refractivity contribution in [1.82, 2.24) is 41.2 Å². The van der Waals surface area contributed by atoms with Crippen LogP contribution in [-0.4, -0.2) is 49.7 Å². The van der Waals surface area contributed by atoms with Crippen molar-refractivity contribution in [2.24, 2.45) is 0 Å². The Labute approximate surface area is 70.7 Å². The van der Waals surface area contributed by atoms with Gasteiger partial charge in [-0.2, -0.15) is 0 Å². The second-order valence-electron chi connectivity index (χ2n) is 1.92. The molecule has 0 saturated heterocycles. The summed E-state index contributed by atoms with van der Waals surface area (Å²) in [6.07, 6.45) is 0. The normalized spacial score (nSPS) is 11.7. The van der Waals surface area contributed by atoms with Crippen LogP contribution >= 0.6 is 0 Å². The van der Waals surface area contributed by atoms with Gasteiger partial charge in [-0.05, 0) is 20.9 Å². The van der Waals surface area contributed by atoms with E-state index in [1.54, 1.807) is 0 Å². The number of nitrogens with zero attached hydrogens (tertiary/aromatic N) is 6. The lowest BCUT2D eigenvalue weighted by atomic mass is 11.4. The van der Waals surface area contributed by atoms with E-state index in [1.807, 2.05) is 0 Å². The van der Waals surface area contributed by atoms with Crippen LogP contribution in [0.25, 0.3) is 0 Å². The van der Waals surface area contributed by atoms with E-state index in [0.29, 0.717) is 0 Å². The van der Waals surface area contributed by atoms with Gasteiger partial charge in [0.25, 0.3) is 20.2 Å². The van der Waals surface area contributed by atoms with Crippen LogP contribution in [0.4, 0.5) is 0 Å². The average molecular weight is 202 g/mol. The summed E-state index contributed by atoms with van der Waals surface area (Å²) in [7, 11) is -3.84. The van der Waals surface area contributed by atoms with E-state index in [1.165, 1.54) is 0 Å². The Morgan fingerprint density at radius 2 is 1.38 bits per heavy atom. The highest BCUT2D eigenvalue weighted by Crippen LogP contribution is 2.08. The Balaban J connectivity index is 2.56. The summed E-state index contributed by atoms with van der Waals surface area (Å²) in [6, 6.07) is 0. The van der Waals surface area contributed by atoms with Crippen molar-refractivity contribution >= 4 is 9.84 Å². The van der Waals surface area contributed by atoms with Crippen LogP contribution < -0.4 is 0 Å². The molecule has 2 rings (SSSR count). The molecule has 0 aliphatic heterocycles. The first-order chi connectivity index (χ1) is 6.21. The summed E-state index contributed by atoms with van der Waals surface area (Å²) in [4.78, 5) is 0. The zero-order chi connectivity index (χ0) is 9.31. The lowest BCUT2D eigenvalue weighted by Gasteiger charge is -1.89. The van der Waals surface area contributed by atoms with Crippen LogP contribution in [-0.2, 0) is 9.84 Å². The third kappa shape index (κ3) is 1.14. The number of tetrazole rings is 2. The smallest absolute Gasteiger partial charge is 0.229 e. The van der Waals surface area contributed by atoms with Gasteiger partial charge in [0.05, 0.1) is 0 Å². The second-order valence-corrected chi connectivity index (χ2v) is 3.70. The summed E-state index contributed by atoms with van der Waals surface area (Å²) in [5.74, 6) is 0. The van der Waals surface area contributed by atoms with Crippen molar-refractivity contribution in [3.8, 4) is 0 Å². The summed E-state index contributed by atoms with van der Waals surface area (Å²) >= 11 is 0. The molecule has 2 aromatic heterocycles. The van der Waals surface area contributed by atoms with Crippen LogP contribution in [0.1, 0.15) is 0 Å². The van der Waals surface area contributed by atoms with E-state index in [-0.39, 0.29) is 0 Å². The highest BCUT2D eigenvalue weighted by atomic mass is 32.2. The van der Waals surface area contributed by atoms with Gasteiger partial charge >= 0.3 is 0 Å². The lowest BCUT2D eigenvalue weighted by molar-refractivity contribution is 0.578. The quantitative estimate of drug-likeness (QED) is 0.545. The largest absolute Gasteiger partial charge is 0.279 e. The van der Waals surface area contributed by atoms with E-state index in [2.05, 4.69) is 41.2 Å². The molecular weight excluding hydrogens is 200 g/mol. The maximum Gasteiger partial charge on any atom is 0.279 e. The third-order valence-corrected chi connectivity index (χ3v) is 2.52. The number of sulfone groups is 1. The number of rotatable bonds is 2. The minimum absolute atomic E-state index is 0.411. The predicted octanol–water partition coefficient (Wildman–Crippen LogP) is -2.45. The molecule has 0 bridgehead atoms. The first kappa shape index (κ1) is 7.72. The number of hydrogen-bond acceptors (Lipinski definition) is 8. The molecule has 68 valence electrons. The van der Waals surface area contributed by atoms with Crippen LogP contribution in [0.15, 0.2) is 10.3 Å². The van der Waals surface area contributed by atoms with Gasteiger partial charge < -0.3 is 0 Å². The first-order valence-electron chi connectivity index (χ1n) is 2.94. The first-order valence-corrected chi connectivity index (χ1v) is 4.42. The number of nitrogens with one attached hydrogen (secondary N) is 2. The molecule has 13 heavy (non-hydrogen) atoms. The van der Waals surface area contributed by atoms with E-state index in [0.717, 1.165) is 0 Å². The highest BCUT2D eigenvalue weighted by molar-refractivity contribution is 7.91. The van der Waals surface area contributed by atoms with Crippen molar-refractivity contribution in [3.63, 3.8) is 0 Å². The molecule has 0 atom stereocenters. The Morgan fingerprint density at radius 1 is 0.923 bits per heavy atom. The van der Waals surface area contributed by atoms with Gasteiger partial charge in [-0.25, -0.2) is 18.6 Å². The van der Waals surface area contributed by atoms with Gasteiger partial charge in [0.1, 0.15) is 0 Å². The minimum Gasteiger partial charge on any atom is -0.229 e. The molecule has 0 amide bonds. The molecule has 10 nitrogen and oxygen atoms in total. The van der Waals surface area contributed by atoms with E-state index in [9.17, 15) is 8.42 Å². The van der Waals surface area contributed by atoms with Crippen LogP contribution in [0.3, 0.4) is 0 Å². The molecule has 0 aromatic carbocycles. The molecule has 11 heteroatoms. The third-order valence-electron chi connectivity index (χ3n) is 1.16. The summed E-state index contributed by atoms with van der Waals surface area (Å²) < 4.78 is 22.8. The standard InChI is InChI=1S/C2H2N8O2S/c11-13(12,1-3-7-8-4-1)2-5-9-10-6-2/h(H,3,4,7,8)(H,5,6,9,10). The Bertz CT molecular complexity index is 428. The van der Waals surface area contributed by atoms with Crippen molar-refractivity contribution in [1.29, 1.82) is 0 Å².